The number of fused-ring (bicyclic) bond motifs is 3. The molecule has 1 aliphatic heterocycles. The van der Waals surface area contributed by atoms with E-state index >= 15 is 0 Å². The molecule has 4 rings (SSSR count). The van der Waals surface area contributed by atoms with Crippen LogP contribution in [0.2, 0.25) is 0 Å². The number of carbonyl (C=O) groups excluding carboxylic acids is 1. The number of benzene rings is 2. The first-order valence-corrected chi connectivity index (χ1v) is 9.50. The van der Waals surface area contributed by atoms with Gasteiger partial charge in [0.15, 0.2) is 11.6 Å². The molecule has 1 amide bonds. The fraction of sp³-hybridized carbons (Fsp3) is 0.105. The zero-order chi connectivity index (χ0) is 18.4. The molecule has 1 aliphatic rings. The Balaban J connectivity index is 1.88. The average Bonchev–Trinajstić information content (AvgIpc) is 2.91. The molecule has 132 valence electrons. The number of rotatable bonds is 1. The molecule has 2 N–H and O–H groups in total. The number of amides is 1. The van der Waals surface area contributed by atoms with Gasteiger partial charge in [0.05, 0.1) is 15.0 Å². The first kappa shape index (κ1) is 17.2. The predicted molar refractivity (Wildman–Crippen MR) is 104 cm³/mol. The zero-order valence-electron chi connectivity index (χ0n) is 13.4. The van der Waals surface area contributed by atoms with Crippen molar-refractivity contribution in [2.75, 3.05) is 17.2 Å². The van der Waals surface area contributed by atoms with Crippen molar-refractivity contribution in [3.63, 3.8) is 0 Å². The van der Waals surface area contributed by atoms with Crippen LogP contribution in [0.25, 0.3) is 10.4 Å². The molecule has 7 heteroatoms. The Morgan fingerprint density at radius 3 is 2.62 bits per heavy atom. The highest BCUT2D eigenvalue weighted by Gasteiger charge is 2.30. The van der Waals surface area contributed by atoms with Crippen LogP contribution in [0.4, 0.5) is 20.2 Å². The van der Waals surface area contributed by atoms with Crippen molar-refractivity contribution in [3.05, 3.63) is 69.0 Å². The minimum absolute atomic E-state index is 0.136. The van der Waals surface area contributed by atoms with Crippen molar-refractivity contribution >= 4 is 44.5 Å². The fourth-order valence-electron chi connectivity index (χ4n) is 3.12. The Morgan fingerprint density at radius 2 is 1.88 bits per heavy atom. The third-order valence-electron chi connectivity index (χ3n) is 4.38. The second-order valence-electron chi connectivity index (χ2n) is 5.99. The molecule has 0 radical (unpaired) electrons. The van der Waals surface area contributed by atoms with Crippen LogP contribution in [-0.2, 0) is 6.42 Å². The van der Waals surface area contributed by atoms with Gasteiger partial charge in [0.2, 0.25) is 0 Å². The molecule has 0 aliphatic carbocycles. The summed E-state index contributed by atoms with van der Waals surface area (Å²) in [7, 11) is 0. The molecule has 0 saturated carbocycles. The monoisotopic (exact) mass is 434 g/mol. The van der Waals surface area contributed by atoms with Crippen molar-refractivity contribution in [2.24, 2.45) is 0 Å². The standard InChI is InChI=1S/C19H13BrF2N2OS/c20-15-9-11-7-8-24(19(25)10-1-3-12(23)4-2-10)14-6-5-13(21)17(22)16(14)18(11)26-15/h1-6,9H,7-8,23H2. The minimum atomic E-state index is -0.935. The summed E-state index contributed by atoms with van der Waals surface area (Å²) in [6.45, 7) is 0.372. The zero-order valence-corrected chi connectivity index (χ0v) is 15.8. The van der Waals surface area contributed by atoms with Crippen LogP contribution in [0, 0.1) is 11.6 Å². The summed E-state index contributed by atoms with van der Waals surface area (Å²) in [6, 6.07) is 11.0. The second-order valence-corrected chi connectivity index (χ2v) is 8.42. The van der Waals surface area contributed by atoms with Crippen molar-refractivity contribution in [1.82, 2.24) is 0 Å². The summed E-state index contributed by atoms with van der Waals surface area (Å²) >= 11 is 4.75. The van der Waals surface area contributed by atoms with E-state index < -0.39 is 11.6 Å². The maximum absolute atomic E-state index is 14.7. The van der Waals surface area contributed by atoms with E-state index in [-0.39, 0.29) is 11.5 Å². The Hall–Kier alpha value is -2.25. The lowest BCUT2D eigenvalue weighted by Gasteiger charge is -2.23. The van der Waals surface area contributed by atoms with Gasteiger partial charge in [0.1, 0.15) is 0 Å². The number of thiophene rings is 1. The van der Waals surface area contributed by atoms with E-state index in [1.165, 1.54) is 22.3 Å². The Labute approximate surface area is 161 Å². The molecule has 3 nitrogen and oxygen atoms in total. The summed E-state index contributed by atoms with van der Waals surface area (Å²) in [6.07, 6.45) is 0.549. The Morgan fingerprint density at radius 1 is 1.15 bits per heavy atom. The highest BCUT2D eigenvalue weighted by Crippen LogP contribution is 2.45. The van der Waals surface area contributed by atoms with E-state index in [1.807, 2.05) is 6.07 Å². The smallest absolute Gasteiger partial charge is 0.258 e. The first-order valence-electron chi connectivity index (χ1n) is 7.89. The number of nitrogens with zero attached hydrogens (tertiary/aromatic N) is 1. The summed E-state index contributed by atoms with van der Waals surface area (Å²) in [5, 5.41) is 0. The molecule has 2 heterocycles. The van der Waals surface area contributed by atoms with Crippen molar-refractivity contribution < 1.29 is 13.6 Å². The highest BCUT2D eigenvalue weighted by molar-refractivity contribution is 9.11. The van der Waals surface area contributed by atoms with Crippen LogP contribution in [0.1, 0.15) is 15.9 Å². The molecule has 0 unspecified atom stereocenters. The van der Waals surface area contributed by atoms with Gasteiger partial charge in [-0.2, -0.15) is 0 Å². The SMILES string of the molecule is Nc1ccc(C(=O)N2CCc3cc(Br)sc3-c3c2ccc(F)c3F)cc1. The molecular formula is C19H13BrF2N2OS. The van der Waals surface area contributed by atoms with Crippen LogP contribution < -0.4 is 10.6 Å². The van der Waals surface area contributed by atoms with Crippen LogP contribution in [0.5, 0.6) is 0 Å². The van der Waals surface area contributed by atoms with Crippen molar-refractivity contribution in [1.29, 1.82) is 0 Å². The lowest BCUT2D eigenvalue weighted by Crippen LogP contribution is -2.32. The lowest BCUT2D eigenvalue weighted by molar-refractivity contribution is 0.0987. The van der Waals surface area contributed by atoms with E-state index in [4.69, 9.17) is 5.73 Å². The lowest BCUT2D eigenvalue weighted by atomic mass is 10.1. The molecule has 2 aromatic carbocycles. The molecule has 1 aromatic heterocycles. The van der Waals surface area contributed by atoms with Gasteiger partial charge >= 0.3 is 0 Å². The molecule has 3 aromatic rings. The largest absolute Gasteiger partial charge is 0.399 e. The summed E-state index contributed by atoms with van der Waals surface area (Å²) in [5.74, 6) is -2.14. The average molecular weight is 435 g/mol. The molecule has 0 bridgehead atoms. The predicted octanol–water partition coefficient (Wildman–Crippen LogP) is 5.24. The third kappa shape index (κ3) is 2.81. The maximum Gasteiger partial charge on any atom is 0.258 e. The van der Waals surface area contributed by atoms with E-state index in [0.717, 1.165) is 15.4 Å². The van der Waals surface area contributed by atoms with Crippen LogP contribution in [0.3, 0.4) is 0 Å². The number of hydrogen-bond acceptors (Lipinski definition) is 3. The van der Waals surface area contributed by atoms with E-state index in [1.54, 1.807) is 24.3 Å². The quantitative estimate of drug-likeness (QED) is 0.532. The number of anilines is 2. The fourth-order valence-corrected chi connectivity index (χ4v) is 4.87. The maximum atomic E-state index is 14.7. The molecule has 0 spiro atoms. The first-order chi connectivity index (χ1) is 12.5. The molecule has 0 saturated heterocycles. The van der Waals surface area contributed by atoms with Crippen LogP contribution in [0.15, 0.2) is 46.3 Å². The number of nitrogens with two attached hydrogens (primary N) is 1. The van der Waals surface area contributed by atoms with Crippen molar-refractivity contribution in [3.8, 4) is 10.4 Å². The Bertz CT molecular complexity index is 1020. The molecule has 0 fully saturated rings. The van der Waals surface area contributed by atoms with Gasteiger partial charge in [-0.1, -0.05) is 0 Å². The van der Waals surface area contributed by atoms with Gasteiger partial charge in [-0.3, -0.25) is 4.79 Å². The summed E-state index contributed by atoms with van der Waals surface area (Å²) in [4.78, 5) is 15.2. The highest BCUT2D eigenvalue weighted by atomic mass is 79.9. The van der Waals surface area contributed by atoms with Gasteiger partial charge in [0.25, 0.3) is 5.91 Å². The van der Waals surface area contributed by atoms with Gasteiger partial charge in [0, 0.05) is 22.7 Å². The van der Waals surface area contributed by atoms with Gasteiger partial charge in [-0.25, -0.2) is 8.78 Å². The summed E-state index contributed by atoms with van der Waals surface area (Å²) < 4.78 is 29.5. The van der Waals surface area contributed by atoms with Gasteiger partial charge in [-0.15, -0.1) is 11.3 Å². The number of carbonyl (C=O) groups is 1. The minimum Gasteiger partial charge on any atom is -0.399 e. The van der Waals surface area contributed by atoms with E-state index in [9.17, 15) is 13.6 Å². The molecular weight excluding hydrogens is 422 g/mol. The number of halogens is 3. The van der Waals surface area contributed by atoms with Crippen LogP contribution in [-0.4, -0.2) is 12.5 Å². The molecule has 0 atom stereocenters. The van der Waals surface area contributed by atoms with E-state index in [0.29, 0.717) is 34.8 Å². The van der Waals surface area contributed by atoms with E-state index in [2.05, 4.69) is 15.9 Å². The van der Waals surface area contributed by atoms with Gasteiger partial charge in [-0.05, 0) is 70.4 Å². The topological polar surface area (TPSA) is 46.3 Å². The summed E-state index contributed by atoms with van der Waals surface area (Å²) in [5.41, 5.74) is 8.08. The van der Waals surface area contributed by atoms with Crippen LogP contribution >= 0.6 is 27.3 Å². The second kappa shape index (κ2) is 6.48. The molecule has 26 heavy (non-hydrogen) atoms. The van der Waals surface area contributed by atoms with Gasteiger partial charge < -0.3 is 10.6 Å². The van der Waals surface area contributed by atoms with Crippen molar-refractivity contribution in [2.45, 2.75) is 6.42 Å². The number of nitrogen functional groups attached to an aromatic ring is 1. The normalized spacial score (nSPS) is 13.1. The number of hydrogen-bond donors (Lipinski definition) is 1. The Kier molecular flexibility index (Phi) is 4.28. The third-order valence-corrected chi connectivity index (χ3v) is 6.07.